The van der Waals surface area contributed by atoms with Crippen LogP contribution in [-0.2, 0) is 9.59 Å². The van der Waals surface area contributed by atoms with Crippen LogP contribution in [-0.4, -0.2) is 29.7 Å². The van der Waals surface area contributed by atoms with Gasteiger partial charge in [-0.1, -0.05) is 18.2 Å². The molecule has 0 N–H and O–H groups in total. The van der Waals surface area contributed by atoms with Gasteiger partial charge in [0.25, 0.3) is 5.91 Å². The Morgan fingerprint density at radius 1 is 1.28 bits per heavy atom. The van der Waals surface area contributed by atoms with Gasteiger partial charge in [-0.15, -0.1) is 0 Å². The maximum absolute atomic E-state index is 12.4. The van der Waals surface area contributed by atoms with Gasteiger partial charge in [0.1, 0.15) is 0 Å². The highest BCUT2D eigenvalue weighted by atomic mass is 16.2. The summed E-state index contributed by atoms with van der Waals surface area (Å²) in [4.78, 5) is 26.4. The second-order valence-corrected chi connectivity index (χ2v) is 5.47. The molecule has 0 aromatic rings. The van der Waals surface area contributed by atoms with Crippen LogP contribution in [0.15, 0.2) is 23.8 Å². The molecule has 0 radical (unpaired) electrons. The maximum Gasteiger partial charge on any atom is 0.257 e. The summed E-state index contributed by atoms with van der Waals surface area (Å²) in [5.41, 5.74) is 0.451. The van der Waals surface area contributed by atoms with Crippen LogP contribution < -0.4 is 0 Å². The number of ketones is 1. The maximum atomic E-state index is 12.4. The highest BCUT2D eigenvalue weighted by molar-refractivity contribution is 6.22. The average Bonchev–Trinajstić information content (AvgIpc) is 3.03. The van der Waals surface area contributed by atoms with E-state index in [4.69, 9.17) is 0 Å². The molecule has 3 nitrogen and oxygen atoms in total. The van der Waals surface area contributed by atoms with Crippen molar-refractivity contribution in [2.75, 3.05) is 13.1 Å². The van der Waals surface area contributed by atoms with Gasteiger partial charge in [-0.05, 0) is 38.0 Å². The molecule has 1 saturated carbocycles. The van der Waals surface area contributed by atoms with Crippen molar-refractivity contribution in [2.24, 2.45) is 23.7 Å². The molecule has 0 aromatic heterocycles. The van der Waals surface area contributed by atoms with Crippen molar-refractivity contribution in [1.29, 1.82) is 0 Å². The summed E-state index contributed by atoms with van der Waals surface area (Å²) >= 11 is 0. The predicted molar refractivity (Wildman–Crippen MR) is 68.7 cm³/mol. The minimum Gasteiger partial charge on any atom is -0.339 e. The van der Waals surface area contributed by atoms with Crippen molar-refractivity contribution in [1.82, 2.24) is 4.90 Å². The van der Waals surface area contributed by atoms with Crippen molar-refractivity contribution in [3.63, 3.8) is 0 Å². The molecule has 3 rings (SSSR count). The smallest absolute Gasteiger partial charge is 0.257 e. The monoisotopic (exact) mass is 245 g/mol. The van der Waals surface area contributed by atoms with Crippen LogP contribution in [0.1, 0.15) is 20.3 Å². The molecule has 1 fully saturated rings. The molecular weight excluding hydrogens is 226 g/mol. The van der Waals surface area contributed by atoms with Gasteiger partial charge in [-0.25, -0.2) is 0 Å². The van der Waals surface area contributed by atoms with Crippen LogP contribution >= 0.6 is 0 Å². The van der Waals surface area contributed by atoms with E-state index in [1.54, 1.807) is 4.90 Å². The lowest BCUT2D eigenvalue weighted by atomic mass is 9.85. The first-order valence-electron chi connectivity index (χ1n) is 6.91. The molecule has 0 aliphatic heterocycles. The molecule has 18 heavy (non-hydrogen) atoms. The van der Waals surface area contributed by atoms with Gasteiger partial charge >= 0.3 is 0 Å². The number of Topliss-reactive ketones (excluding diaryl/α,β-unsaturated/α-hetero) is 1. The Labute approximate surface area is 108 Å². The molecular formula is C15H19NO2. The first kappa shape index (κ1) is 11.7. The summed E-state index contributed by atoms with van der Waals surface area (Å²) in [6.07, 6.45) is 7.45. The number of fused-ring (bicyclic) bond motifs is 5. The van der Waals surface area contributed by atoms with Crippen LogP contribution in [0, 0.1) is 23.7 Å². The number of allylic oxidation sites excluding steroid dienone is 3. The SMILES string of the molecule is CCN(CC)C(=O)C1=C[C@@H]2[C@H](C1=O)[C@H]1C=C[C@@H]2C1. The highest BCUT2D eigenvalue weighted by Crippen LogP contribution is 2.53. The number of carbonyl (C=O) groups excluding carboxylic acids is 2. The fourth-order valence-electron chi connectivity index (χ4n) is 3.77. The topological polar surface area (TPSA) is 37.4 Å². The Balaban J connectivity index is 1.86. The van der Waals surface area contributed by atoms with E-state index in [9.17, 15) is 9.59 Å². The van der Waals surface area contributed by atoms with Gasteiger partial charge in [0.05, 0.1) is 5.57 Å². The standard InChI is InChI=1S/C15H19NO2/c1-3-16(4-2)15(18)12-8-11-9-5-6-10(7-9)13(11)14(12)17/h5-6,8-11,13H,3-4,7H2,1-2H3/t9-,10+,11+,13-/m1/s1. The third kappa shape index (κ3) is 1.43. The Bertz CT molecular complexity index is 459. The van der Waals surface area contributed by atoms with Gasteiger partial charge in [-0.2, -0.15) is 0 Å². The van der Waals surface area contributed by atoms with Crippen LogP contribution in [0.2, 0.25) is 0 Å². The van der Waals surface area contributed by atoms with E-state index < -0.39 is 0 Å². The third-order valence-electron chi connectivity index (χ3n) is 4.73. The van der Waals surface area contributed by atoms with Gasteiger partial charge < -0.3 is 4.90 Å². The summed E-state index contributed by atoms with van der Waals surface area (Å²) in [7, 11) is 0. The van der Waals surface area contributed by atoms with Crippen molar-refractivity contribution < 1.29 is 9.59 Å². The van der Waals surface area contributed by atoms with E-state index in [0.29, 0.717) is 36.4 Å². The second kappa shape index (κ2) is 4.08. The van der Waals surface area contributed by atoms with Crippen molar-refractivity contribution in [3.8, 4) is 0 Å². The molecule has 3 heteroatoms. The number of amides is 1. The summed E-state index contributed by atoms with van der Waals surface area (Å²) < 4.78 is 0. The lowest BCUT2D eigenvalue weighted by molar-refractivity contribution is -0.130. The summed E-state index contributed by atoms with van der Waals surface area (Å²) in [5, 5.41) is 0. The normalized spacial score (nSPS) is 35.9. The van der Waals surface area contributed by atoms with Gasteiger partial charge in [0.15, 0.2) is 5.78 Å². The number of nitrogens with zero attached hydrogens (tertiary/aromatic N) is 1. The number of likely N-dealkylation sites (N-methyl/N-ethyl adjacent to an activating group) is 1. The molecule has 1 amide bonds. The quantitative estimate of drug-likeness (QED) is 0.561. The Hall–Kier alpha value is -1.38. The summed E-state index contributed by atoms with van der Waals surface area (Å²) in [6.45, 7) is 5.24. The molecule has 96 valence electrons. The van der Waals surface area contributed by atoms with Crippen molar-refractivity contribution in [2.45, 2.75) is 20.3 Å². The molecule has 0 spiro atoms. The van der Waals surface area contributed by atoms with Gasteiger partial charge in [0, 0.05) is 19.0 Å². The lowest BCUT2D eigenvalue weighted by Crippen LogP contribution is -2.34. The predicted octanol–water partition coefficient (Wildman–Crippen LogP) is 1.80. The second-order valence-electron chi connectivity index (χ2n) is 5.47. The van der Waals surface area contributed by atoms with E-state index in [0.717, 1.165) is 6.42 Å². The zero-order valence-electron chi connectivity index (χ0n) is 10.9. The van der Waals surface area contributed by atoms with E-state index in [2.05, 4.69) is 12.2 Å². The summed E-state index contributed by atoms with van der Waals surface area (Å²) in [6, 6.07) is 0. The highest BCUT2D eigenvalue weighted by Gasteiger charge is 2.52. The van der Waals surface area contributed by atoms with Crippen LogP contribution in [0.25, 0.3) is 0 Å². The fourth-order valence-corrected chi connectivity index (χ4v) is 3.77. The zero-order valence-corrected chi connectivity index (χ0v) is 10.9. The van der Waals surface area contributed by atoms with E-state index in [1.807, 2.05) is 19.9 Å². The first-order valence-corrected chi connectivity index (χ1v) is 6.91. The van der Waals surface area contributed by atoms with E-state index in [-0.39, 0.29) is 17.6 Å². The fraction of sp³-hybridized carbons (Fsp3) is 0.600. The van der Waals surface area contributed by atoms with Crippen molar-refractivity contribution in [3.05, 3.63) is 23.8 Å². The number of hydrogen-bond donors (Lipinski definition) is 0. The number of carbonyl (C=O) groups is 2. The Morgan fingerprint density at radius 3 is 2.56 bits per heavy atom. The Kier molecular flexibility index (Phi) is 2.65. The van der Waals surface area contributed by atoms with Gasteiger partial charge in [-0.3, -0.25) is 9.59 Å². The Morgan fingerprint density at radius 2 is 1.94 bits per heavy atom. The molecule has 0 heterocycles. The van der Waals surface area contributed by atoms with Crippen LogP contribution in [0.4, 0.5) is 0 Å². The van der Waals surface area contributed by atoms with Crippen LogP contribution in [0.3, 0.4) is 0 Å². The number of rotatable bonds is 3. The molecule has 2 bridgehead atoms. The molecule has 0 aromatic carbocycles. The lowest BCUT2D eigenvalue weighted by Gasteiger charge is -2.20. The summed E-state index contributed by atoms with van der Waals surface area (Å²) in [5.74, 6) is 1.25. The van der Waals surface area contributed by atoms with E-state index in [1.165, 1.54) is 0 Å². The van der Waals surface area contributed by atoms with Crippen LogP contribution in [0.5, 0.6) is 0 Å². The molecule has 0 saturated heterocycles. The van der Waals surface area contributed by atoms with Gasteiger partial charge in [0.2, 0.25) is 0 Å². The molecule has 0 unspecified atom stereocenters. The molecule has 3 aliphatic carbocycles. The minimum absolute atomic E-state index is 0.0644. The number of hydrogen-bond acceptors (Lipinski definition) is 2. The first-order chi connectivity index (χ1) is 8.67. The van der Waals surface area contributed by atoms with E-state index >= 15 is 0 Å². The average molecular weight is 245 g/mol. The zero-order chi connectivity index (χ0) is 12.9. The van der Waals surface area contributed by atoms with Crippen molar-refractivity contribution >= 4 is 11.7 Å². The minimum atomic E-state index is -0.0706. The molecule has 3 aliphatic rings. The largest absolute Gasteiger partial charge is 0.339 e. The third-order valence-corrected chi connectivity index (χ3v) is 4.73. The molecule has 4 atom stereocenters.